The molecule has 0 amide bonds. The molecule has 2 aliphatic carbocycles. The molecule has 0 aromatic heterocycles. The second-order valence-electron chi connectivity index (χ2n) is 12.8. The molecular formula is C28H50O7. The molecule has 35 heavy (non-hydrogen) atoms. The standard InChI is InChI=1S/C28H50O7/c1-27(2,17-29)11-5-7-18-13-22(30)15-20(24(18)32)9-10-21-16-23(31)14-19(25(21)33)8-6-12-28(3,4)26(34)35/h9-10,18-25,29-33H,5-8,11-17H2,1-4H3,(H,34,35)/b10-9-. The molecule has 0 heterocycles. The average molecular weight is 499 g/mol. The zero-order valence-electron chi connectivity index (χ0n) is 22.1. The quantitative estimate of drug-likeness (QED) is 0.226. The molecule has 0 radical (unpaired) electrons. The van der Waals surface area contributed by atoms with E-state index in [1.54, 1.807) is 13.8 Å². The van der Waals surface area contributed by atoms with Crippen LogP contribution in [0, 0.1) is 34.5 Å². The Labute approximate surface area is 211 Å². The molecule has 0 spiro atoms. The van der Waals surface area contributed by atoms with Crippen LogP contribution >= 0.6 is 0 Å². The second-order valence-corrected chi connectivity index (χ2v) is 12.8. The zero-order valence-corrected chi connectivity index (χ0v) is 22.1. The fraction of sp³-hybridized carbons (Fsp3) is 0.893. The number of hydrogen-bond donors (Lipinski definition) is 6. The van der Waals surface area contributed by atoms with E-state index in [2.05, 4.69) is 0 Å². The van der Waals surface area contributed by atoms with E-state index in [9.17, 15) is 35.4 Å². The van der Waals surface area contributed by atoms with E-state index in [0.29, 0.717) is 44.9 Å². The number of carboxylic acids is 1. The van der Waals surface area contributed by atoms with Gasteiger partial charge in [-0.15, -0.1) is 0 Å². The molecule has 7 heteroatoms. The summed E-state index contributed by atoms with van der Waals surface area (Å²) < 4.78 is 0. The minimum atomic E-state index is -0.828. The average Bonchev–Trinajstić information content (AvgIpc) is 2.77. The lowest BCUT2D eigenvalue weighted by Gasteiger charge is -2.38. The molecule has 0 bridgehead atoms. The van der Waals surface area contributed by atoms with Crippen LogP contribution in [0.25, 0.3) is 0 Å². The van der Waals surface area contributed by atoms with Crippen molar-refractivity contribution in [1.82, 2.24) is 0 Å². The molecule has 0 aromatic carbocycles. The summed E-state index contributed by atoms with van der Waals surface area (Å²) in [4.78, 5) is 11.3. The monoisotopic (exact) mass is 498 g/mol. The first-order valence-electron chi connectivity index (χ1n) is 13.5. The Hall–Kier alpha value is -0.990. The second kappa shape index (κ2) is 13.0. The summed E-state index contributed by atoms with van der Waals surface area (Å²) in [7, 11) is 0. The number of hydrogen-bond acceptors (Lipinski definition) is 6. The van der Waals surface area contributed by atoms with Crippen molar-refractivity contribution in [3.8, 4) is 0 Å². The Morgan fingerprint density at radius 3 is 1.60 bits per heavy atom. The summed E-state index contributed by atoms with van der Waals surface area (Å²) in [6, 6.07) is 0. The largest absolute Gasteiger partial charge is 0.481 e. The normalized spacial score (nSPS) is 34.9. The zero-order chi connectivity index (χ0) is 26.4. The van der Waals surface area contributed by atoms with Gasteiger partial charge < -0.3 is 30.6 Å². The number of carbonyl (C=O) groups is 1. The summed E-state index contributed by atoms with van der Waals surface area (Å²) in [6.45, 7) is 7.58. The predicted octanol–water partition coefficient (Wildman–Crippen LogP) is 3.51. The smallest absolute Gasteiger partial charge is 0.309 e. The maximum atomic E-state index is 11.3. The summed E-state index contributed by atoms with van der Waals surface area (Å²) in [5.41, 5.74) is -0.949. The highest BCUT2D eigenvalue weighted by Crippen LogP contribution is 2.38. The van der Waals surface area contributed by atoms with Crippen molar-refractivity contribution in [3.05, 3.63) is 12.2 Å². The molecule has 6 N–H and O–H groups in total. The van der Waals surface area contributed by atoms with Gasteiger partial charge in [0.05, 0.1) is 29.8 Å². The van der Waals surface area contributed by atoms with Crippen LogP contribution < -0.4 is 0 Å². The van der Waals surface area contributed by atoms with Gasteiger partial charge in [-0.3, -0.25) is 4.79 Å². The molecule has 204 valence electrons. The molecule has 8 atom stereocenters. The van der Waals surface area contributed by atoms with Crippen LogP contribution in [0.1, 0.15) is 91.9 Å². The third-order valence-corrected chi connectivity index (χ3v) is 8.50. The third-order valence-electron chi connectivity index (χ3n) is 8.50. The molecule has 2 saturated carbocycles. The van der Waals surface area contributed by atoms with Crippen molar-refractivity contribution in [2.45, 2.75) is 116 Å². The van der Waals surface area contributed by atoms with Crippen molar-refractivity contribution < 1.29 is 35.4 Å². The van der Waals surface area contributed by atoms with Gasteiger partial charge in [-0.1, -0.05) is 38.8 Å². The predicted molar refractivity (Wildman–Crippen MR) is 136 cm³/mol. The van der Waals surface area contributed by atoms with Crippen LogP contribution in [0.3, 0.4) is 0 Å². The van der Waals surface area contributed by atoms with E-state index >= 15 is 0 Å². The number of aliphatic hydroxyl groups is 5. The Morgan fingerprint density at radius 1 is 0.771 bits per heavy atom. The number of aliphatic carboxylic acids is 1. The Bertz CT molecular complexity index is 689. The lowest BCUT2D eigenvalue weighted by Crippen LogP contribution is -2.40. The molecule has 0 aromatic rings. The van der Waals surface area contributed by atoms with E-state index in [1.807, 2.05) is 26.0 Å². The lowest BCUT2D eigenvalue weighted by atomic mass is 9.72. The van der Waals surface area contributed by atoms with Crippen LogP contribution in [0.15, 0.2) is 12.2 Å². The molecular weight excluding hydrogens is 448 g/mol. The maximum absolute atomic E-state index is 11.3. The molecule has 8 unspecified atom stereocenters. The van der Waals surface area contributed by atoms with Gasteiger partial charge in [0, 0.05) is 18.4 Å². The van der Waals surface area contributed by atoms with Gasteiger partial charge in [0.1, 0.15) is 0 Å². The number of rotatable bonds is 12. The van der Waals surface area contributed by atoms with Crippen LogP contribution in [-0.2, 0) is 4.79 Å². The number of aliphatic hydroxyl groups excluding tert-OH is 5. The minimum Gasteiger partial charge on any atom is -0.481 e. The van der Waals surface area contributed by atoms with Crippen LogP contribution in [0.5, 0.6) is 0 Å². The van der Waals surface area contributed by atoms with Gasteiger partial charge in [0.15, 0.2) is 0 Å². The molecule has 0 saturated heterocycles. The van der Waals surface area contributed by atoms with E-state index < -0.39 is 35.8 Å². The molecule has 2 aliphatic rings. The fourth-order valence-corrected chi connectivity index (χ4v) is 5.86. The molecule has 7 nitrogen and oxygen atoms in total. The summed E-state index contributed by atoms with van der Waals surface area (Å²) >= 11 is 0. The minimum absolute atomic E-state index is 0.00454. The van der Waals surface area contributed by atoms with Crippen LogP contribution in [0.4, 0.5) is 0 Å². The highest BCUT2D eigenvalue weighted by molar-refractivity contribution is 5.73. The van der Waals surface area contributed by atoms with E-state index in [0.717, 1.165) is 19.3 Å². The SMILES string of the molecule is CC(C)(CO)CCCC1CC(O)CC(/C=C\C2CC(O)CC(CCCC(C)(C)C(=O)O)C2O)C1O. The topological polar surface area (TPSA) is 138 Å². The molecule has 0 aliphatic heterocycles. The van der Waals surface area contributed by atoms with Gasteiger partial charge in [-0.05, 0) is 82.5 Å². The fourth-order valence-electron chi connectivity index (χ4n) is 5.86. The summed E-state index contributed by atoms with van der Waals surface area (Å²) in [6.07, 6.45) is 8.08. The van der Waals surface area contributed by atoms with Crippen molar-refractivity contribution in [2.75, 3.05) is 6.61 Å². The first-order chi connectivity index (χ1) is 16.3. The molecule has 2 rings (SSSR count). The Morgan fingerprint density at radius 2 is 1.20 bits per heavy atom. The van der Waals surface area contributed by atoms with Gasteiger partial charge in [-0.2, -0.15) is 0 Å². The molecule has 2 fully saturated rings. The van der Waals surface area contributed by atoms with Gasteiger partial charge in [0.2, 0.25) is 0 Å². The van der Waals surface area contributed by atoms with Crippen LogP contribution in [-0.4, -0.2) is 67.6 Å². The first kappa shape index (κ1) is 30.2. The first-order valence-corrected chi connectivity index (χ1v) is 13.5. The van der Waals surface area contributed by atoms with E-state index in [4.69, 9.17) is 0 Å². The highest BCUT2D eigenvalue weighted by atomic mass is 16.4. The van der Waals surface area contributed by atoms with E-state index in [-0.39, 0.29) is 35.7 Å². The van der Waals surface area contributed by atoms with Crippen molar-refractivity contribution in [1.29, 1.82) is 0 Å². The van der Waals surface area contributed by atoms with Crippen molar-refractivity contribution in [3.63, 3.8) is 0 Å². The van der Waals surface area contributed by atoms with Crippen molar-refractivity contribution >= 4 is 5.97 Å². The lowest BCUT2D eigenvalue weighted by molar-refractivity contribution is -0.147. The Balaban J connectivity index is 1.95. The van der Waals surface area contributed by atoms with Crippen molar-refractivity contribution in [2.24, 2.45) is 34.5 Å². The van der Waals surface area contributed by atoms with E-state index in [1.165, 1.54) is 0 Å². The third kappa shape index (κ3) is 9.12. The van der Waals surface area contributed by atoms with Crippen LogP contribution in [0.2, 0.25) is 0 Å². The van der Waals surface area contributed by atoms with Gasteiger partial charge in [-0.25, -0.2) is 0 Å². The highest BCUT2D eigenvalue weighted by Gasteiger charge is 2.38. The summed E-state index contributed by atoms with van der Waals surface area (Å²) in [5, 5.41) is 61.6. The van der Waals surface area contributed by atoms with Gasteiger partial charge in [0.25, 0.3) is 0 Å². The summed E-state index contributed by atoms with van der Waals surface area (Å²) in [5.74, 6) is -1.36. The maximum Gasteiger partial charge on any atom is 0.309 e. The van der Waals surface area contributed by atoms with Gasteiger partial charge >= 0.3 is 5.97 Å². The Kier molecular flexibility index (Phi) is 11.2. The number of carboxylic acid groups (broad SMARTS) is 1.